The number of benzene rings is 1. The molecule has 1 aliphatic carbocycles. The lowest BCUT2D eigenvalue weighted by atomic mass is 10.1. The number of aromatic nitrogens is 3. The second-order valence-corrected chi connectivity index (χ2v) is 8.07. The van der Waals surface area contributed by atoms with Gasteiger partial charge in [0.2, 0.25) is 0 Å². The molecule has 3 rings (SSSR count). The summed E-state index contributed by atoms with van der Waals surface area (Å²) in [5, 5.41) is 10.5. The van der Waals surface area contributed by atoms with E-state index in [4.69, 9.17) is 0 Å². The van der Waals surface area contributed by atoms with Gasteiger partial charge in [-0.1, -0.05) is 12.1 Å². The maximum Gasteiger partial charge on any atom is 0.153 e. The fourth-order valence-corrected chi connectivity index (χ4v) is 3.28. The number of aromatic amines is 1. The normalized spacial score (nSPS) is 15.0. The van der Waals surface area contributed by atoms with Crippen molar-refractivity contribution in [1.29, 1.82) is 0 Å². The van der Waals surface area contributed by atoms with Gasteiger partial charge < -0.3 is 5.32 Å². The van der Waals surface area contributed by atoms with Crippen LogP contribution in [-0.4, -0.2) is 29.9 Å². The van der Waals surface area contributed by atoms with Gasteiger partial charge in [-0.3, -0.25) is 5.10 Å². The second-order valence-electron chi connectivity index (χ2n) is 5.93. The average molecular weight is 320 g/mol. The average Bonchev–Trinajstić information content (AvgIpc) is 3.18. The predicted octanol–water partition coefficient (Wildman–Crippen LogP) is 2.15. The van der Waals surface area contributed by atoms with Crippen LogP contribution in [0.3, 0.4) is 0 Å². The molecule has 6 nitrogen and oxygen atoms in total. The molecule has 1 aromatic carbocycles. The minimum Gasteiger partial charge on any atom is -0.378 e. The van der Waals surface area contributed by atoms with Crippen molar-refractivity contribution in [3.8, 4) is 0 Å². The van der Waals surface area contributed by atoms with Crippen molar-refractivity contribution >= 4 is 15.5 Å². The summed E-state index contributed by atoms with van der Waals surface area (Å²) < 4.78 is 22.9. The highest BCUT2D eigenvalue weighted by atomic mass is 32.2. The van der Waals surface area contributed by atoms with Crippen LogP contribution >= 0.6 is 0 Å². The van der Waals surface area contributed by atoms with Crippen molar-refractivity contribution in [2.45, 2.75) is 38.0 Å². The van der Waals surface area contributed by atoms with E-state index in [1.165, 1.54) is 19.1 Å². The Labute approximate surface area is 130 Å². The van der Waals surface area contributed by atoms with E-state index in [0.29, 0.717) is 12.5 Å². The van der Waals surface area contributed by atoms with Crippen molar-refractivity contribution in [2.24, 2.45) is 0 Å². The molecule has 1 aliphatic rings. The van der Waals surface area contributed by atoms with Crippen molar-refractivity contribution < 1.29 is 8.42 Å². The van der Waals surface area contributed by atoms with Gasteiger partial charge in [-0.2, -0.15) is 5.10 Å². The molecule has 1 heterocycles. The molecule has 0 saturated heterocycles. The van der Waals surface area contributed by atoms with Crippen molar-refractivity contribution in [3.05, 3.63) is 41.0 Å². The van der Waals surface area contributed by atoms with Gasteiger partial charge in [0.05, 0.1) is 12.3 Å². The van der Waals surface area contributed by atoms with Crippen molar-refractivity contribution in [2.75, 3.05) is 11.6 Å². The maximum absolute atomic E-state index is 11.5. The molecule has 0 bridgehead atoms. The quantitative estimate of drug-likeness (QED) is 0.851. The molecule has 0 amide bonds. The maximum atomic E-state index is 11.5. The number of hydrogen-bond donors (Lipinski definition) is 2. The molecule has 2 N–H and O–H groups in total. The molecule has 22 heavy (non-hydrogen) atoms. The van der Waals surface area contributed by atoms with E-state index in [1.807, 2.05) is 25.1 Å². The Morgan fingerprint density at radius 1 is 1.36 bits per heavy atom. The monoisotopic (exact) mass is 320 g/mol. The molecule has 2 aromatic rings. The third-order valence-electron chi connectivity index (χ3n) is 3.80. The standard InChI is InChI=1S/C15H20N4O2S/c1-10-12(9-22(2,20)21)4-3-5-13(10)16-8-14-17-15(19-18-14)11-6-7-11/h3-5,11,16H,6-9H2,1-2H3,(H,17,18,19). The highest BCUT2D eigenvalue weighted by Crippen LogP contribution is 2.37. The highest BCUT2D eigenvalue weighted by Gasteiger charge is 2.27. The van der Waals surface area contributed by atoms with E-state index in [1.54, 1.807) is 0 Å². The number of sulfone groups is 1. The fourth-order valence-electron chi connectivity index (χ4n) is 2.41. The molecule has 0 radical (unpaired) electrons. The van der Waals surface area contributed by atoms with Gasteiger partial charge in [-0.25, -0.2) is 13.4 Å². The Balaban J connectivity index is 1.70. The zero-order valence-corrected chi connectivity index (χ0v) is 13.6. The highest BCUT2D eigenvalue weighted by molar-refractivity contribution is 7.89. The van der Waals surface area contributed by atoms with Crippen LogP contribution in [0, 0.1) is 6.92 Å². The minimum atomic E-state index is -3.04. The van der Waals surface area contributed by atoms with E-state index in [9.17, 15) is 8.42 Å². The molecule has 0 atom stereocenters. The summed E-state index contributed by atoms with van der Waals surface area (Å²) in [5.74, 6) is 2.29. The van der Waals surface area contributed by atoms with Gasteiger partial charge >= 0.3 is 0 Å². The largest absolute Gasteiger partial charge is 0.378 e. The smallest absolute Gasteiger partial charge is 0.153 e. The molecule has 0 aliphatic heterocycles. The Morgan fingerprint density at radius 3 is 2.82 bits per heavy atom. The number of hydrogen-bond acceptors (Lipinski definition) is 5. The van der Waals surface area contributed by atoms with Crippen LogP contribution in [0.5, 0.6) is 0 Å². The van der Waals surface area contributed by atoms with Gasteiger partial charge in [-0.05, 0) is 37.0 Å². The van der Waals surface area contributed by atoms with E-state index < -0.39 is 9.84 Å². The van der Waals surface area contributed by atoms with E-state index in [2.05, 4.69) is 20.5 Å². The number of rotatable bonds is 6. The fraction of sp³-hybridized carbons (Fsp3) is 0.467. The third kappa shape index (κ3) is 3.65. The van der Waals surface area contributed by atoms with Crippen LogP contribution in [0.2, 0.25) is 0 Å². The third-order valence-corrected chi connectivity index (χ3v) is 4.64. The molecule has 0 unspecified atom stereocenters. The number of H-pyrrole nitrogens is 1. The lowest BCUT2D eigenvalue weighted by Gasteiger charge is -2.12. The molecule has 1 saturated carbocycles. The van der Waals surface area contributed by atoms with Crippen LogP contribution in [0.15, 0.2) is 18.2 Å². The topological polar surface area (TPSA) is 87.7 Å². The first-order valence-electron chi connectivity index (χ1n) is 7.33. The Hall–Kier alpha value is -1.89. The lowest BCUT2D eigenvalue weighted by molar-refractivity contribution is 0.601. The van der Waals surface area contributed by atoms with Crippen LogP contribution in [0.1, 0.15) is 41.5 Å². The first kappa shape index (κ1) is 15.0. The van der Waals surface area contributed by atoms with E-state index in [0.717, 1.165) is 28.5 Å². The van der Waals surface area contributed by atoms with Crippen molar-refractivity contribution in [1.82, 2.24) is 15.2 Å². The van der Waals surface area contributed by atoms with Gasteiger partial charge in [0.1, 0.15) is 5.82 Å². The van der Waals surface area contributed by atoms with Gasteiger partial charge in [0.15, 0.2) is 15.7 Å². The number of nitrogens with one attached hydrogen (secondary N) is 2. The SMILES string of the molecule is Cc1c(CS(C)(=O)=O)cccc1NCc1nc(C2CC2)n[nH]1. The summed E-state index contributed by atoms with van der Waals surface area (Å²) >= 11 is 0. The summed E-state index contributed by atoms with van der Waals surface area (Å²) in [6.45, 7) is 2.47. The second kappa shape index (κ2) is 5.72. The molecule has 118 valence electrons. The first-order valence-corrected chi connectivity index (χ1v) is 9.40. The van der Waals surface area contributed by atoms with Crippen LogP contribution < -0.4 is 5.32 Å². The van der Waals surface area contributed by atoms with Crippen LogP contribution in [0.4, 0.5) is 5.69 Å². The van der Waals surface area contributed by atoms with Gasteiger partial charge in [-0.15, -0.1) is 0 Å². The number of nitrogens with zero attached hydrogens (tertiary/aromatic N) is 2. The Bertz CT molecular complexity index is 779. The molecular weight excluding hydrogens is 300 g/mol. The van der Waals surface area contributed by atoms with Gasteiger partial charge in [0.25, 0.3) is 0 Å². The van der Waals surface area contributed by atoms with Crippen LogP contribution in [0.25, 0.3) is 0 Å². The summed E-state index contributed by atoms with van der Waals surface area (Å²) in [4.78, 5) is 4.47. The molecule has 7 heteroatoms. The molecule has 0 spiro atoms. The Morgan fingerprint density at radius 2 is 2.14 bits per heavy atom. The Kier molecular flexibility index (Phi) is 3.90. The predicted molar refractivity (Wildman–Crippen MR) is 85.4 cm³/mol. The number of anilines is 1. The zero-order valence-electron chi connectivity index (χ0n) is 12.8. The summed E-state index contributed by atoms with van der Waals surface area (Å²) in [5.41, 5.74) is 2.70. The lowest BCUT2D eigenvalue weighted by Crippen LogP contribution is -2.07. The zero-order chi connectivity index (χ0) is 15.7. The minimum absolute atomic E-state index is 0.0580. The van der Waals surface area contributed by atoms with E-state index >= 15 is 0 Å². The first-order chi connectivity index (χ1) is 10.4. The van der Waals surface area contributed by atoms with Gasteiger partial charge in [0, 0.05) is 17.9 Å². The summed E-state index contributed by atoms with van der Waals surface area (Å²) in [6, 6.07) is 5.66. The molecular formula is C15H20N4O2S. The summed E-state index contributed by atoms with van der Waals surface area (Å²) in [6.07, 6.45) is 3.61. The van der Waals surface area contributed by atoms with E-state index in [-0.39, 0.29) is 5.75 Å². The molecule has 1 aromatic heterocycles. The molecule has 1 fully saturated rings. The van der Waals surface area contributed by atoms with Crippen molar-refractivity contribution in [3.63, 3.8) is 0 Å². The van der Waals surface area contributed by atoms with Crippen LogP contribution in [-0.2, 0) is 22.1 Å². The summed E-state index contributed by atoms with van der Waals surface area (Å²) in [7, 11) is -3.04.